The largest absolute Gasteiger partial charge is 0.473 e. The predicted octanol–water partition coefficient (Wildman–Crippen LogP) is 1.83. The summed E-state index contributed by atoms with van der Waals surface area (Å²) in [5.41, 5.74) is 6.27. The lowest BCUT2D eigenvalue weighted by atomic mass is 9.92. The number of hydrogen-bond donors (Lipinski definition) is 3. The zero-order chi connectivity index (χ0) is 15.9. The van der Waals surface area contributed by atoms with Crippen LogP contribution in [0.4, 0.5) is 10.5 Å². The van der Waals surface area contributed by atoms with Crippen LogP contribution in [0.2, 0.25) is 0 Å². The van der Waals surface area contributed by atoms with Gasteiger partial charge in [0.25, 0.3) is 5.88 Å². The summed E-state index contributed by atoms with van der Waals surface area (Å²) in [7, 11) is 0. The fraction of sp³-hybridized carbons (Fsp3) is 0.714. The van der Waals surface area contributed by atoms with Crippen LogP contribution in [0.15, 0.2) is 6.20 Å². The molecule has 0 aromatic carbocycles. The number of aromatic nitrogens is 2. The zero-order valence-corrected chi connectivity index (χ0v) is 12.8. The molecule has 0 atom stereocenters. The van der Waals surface area contributed by atoms with E-state index in [1.54, 1.807) is 10.9 Å². The van der Waals surface area contributed by atoms with Crippen molar-refractivity contribution >= 4 is 11.8 Å². The molecule has 8 heteroatoms. The molecule has 0 saturated heterocycles. The molecule has 1 fully saturated rings. The molecule has 8 nitrogen and oxygen atoms in total. The lowest BCUT2D eigenvalue weighted by Crippen LogP contribution is -2.28. The topological polar surface area (TPSA) is 112 Å². The fourth-order valence-corrected chi connectivity index (χ4v) is 2.58. The number of hydrogen-bond acceptors (Lipinski definition) is 5. The van der Waals surface area contributed by atoms with Crippen LogP contribution in [0, 0.1) is 0 Å². The van der Waals surface area contributed by atoms with Crippen LogP contribution < -0.4 is 15.8 Å². The van der Waals surface area contributed by atoms with Crippen molar-refractivity contribution in [2.75, 3.05) is 25.1 Å². The molecule has 124 valence electrons. The minimum atomic E-state index is -1.14. The van der Waals surface area contributed by atoms with E-state index in [4.69, 9.17) is 20.3 Å². The molecule has 1 aliphatic carbocycles. The lowest BCUT2D eigenvalue weighted by Gasteiger charge is -2.26. The summed E-state index contributed by atoms with van der Waals surface area (Å²) in [6.45, 7) is 3.28. The summed E-state index contributed by atoms with van der Waals surface area (Å²) in [5.74, 6) is 0.289. The van der Waals surface area contributed by atoms with E-state index in [1.807, 2.05) is 6.92 Å². The molecule has 0 bridgehead atoms. The molecule has 2 rings (SSSR count). The maximum atomic E-state index is 10.9. The number of carbonyl (C=O) groups is 1. The number of nitrogens with one attached hydrogen (secondary N) is 1. The quantitative estimate of drug-likeness (QED) is 0.662. The Morgan fingerprint density at radius 1 is 1.45 bits per heavy atom. The van der Waals surface area contributed by atoms with E-state index in [1.165, 1.54) is 0 Å². The number of rotatable bonds is 7. The van der Waals surface area contributed by atoms with Crippen LogP contribution in [-0.2, 0) is 4.74 Å². The van der Waals surface area contributed by atoms with E-state index < -0.39 is 6.09 Å². The number of amides is 1. The second-order valence-electron chi connectivity index (χ2n) is 5.37. The van der Waals surface area contributed by atoms with Crippen LogP contribution in [0.3, 0.4) is 0 Å². The van der Waals surface area contributed by atoms with Crippen molar-refractivity contribution in [3.8, 4) is 5.88 Å². The third-order valence-electron chi connectivity index (χ3n) is 3.73. The van der Waals surface area contributed by atoms with Gasteiger partial charge in [-0.3, -0.25) is 10.00 Å². The summed E-state index contributed by atoms with van der Waals surface area (Å²) in [6.07, 6.45) is 4.33. The van der Waals surface area contributed by atoms with Gasteiger partial charge < -0.3 is 20.3 Å². The molecule has 1 aliphatic rings. The average Bonchev–Trinajstić information content (AvgIpc) is 2.86. The van der Waals surface area contributed by atoms with E-state index in [0.29, 0.717) is 25.5 Å². The van der Waals surface area contributed by atoms with E-state index in [0.717, 1.165) is 25.7 Å². The Kier molecular flexibility index (Phi) is 6.02. The molecule has 0 radical (unpaired) electrons. The number of nitrogens with zero attached hydrogens (tertiary/aromatic N) is 2. The maximum Gasteiger partial charge on any atom is 0.409 e. The minimum Gasteiger partial charge on any atom is -0.473 e. The van der Waals surface area contributed by atoms with E-state index in [-0.39, 0.29) is 18.0 Å². The molecule has 1 aromatic rings. The van der Waals surface area contributed by atoms with Gasteiger partial charge in [0.1, 0.15) is 12.3 Å². The van der Waals surface area contributed by atoms with E-state index >= 15 is 0 Å². The molecule has 1 heterocycles. The van der Waals surface area contributed by atoms with Crippen molar-refractivity contribution in [3.63, 3.8) is 0 Å². The Morgan fingerprint density at radius 3 is 2.82 bits per heavy atom. The predicted molar refractivity (Wildman–Crippen MR) is 81.3 cm³/mol. The monoisotopic (exact) mass is 312 g/mol. The first-order valence-corrected chi connectivity index (χ1v) is 7.65. The molecule has 0 spiro atoms. The summed E-state index contributed by atoms with van der Waals surface area (Å²) in [6, 6.07) is 0.490. The van der Waals surface area contributed by atoms with Gasteiger partial charge in [0, 0.05) is 12.6 Å². The maximum absolute atomic E-state index is 10.9. The van der Waals surface area contributed by atoms with Gasteiger partial charge >= 0.3 is 6.09 Å². The van der Waals surface area contributed by atoms with Crippen LogP contribution >= 0.6 is 0 Å². The SMILES string of the molecule is CCOCCOc1nn(C2CCC(N)CC2)cc1NC(=O)O. The Labute approximate surface area is 129 Å². The fourth-order valence-electron chi connectivity index (χ4n) is 2.58. The lowest BCUT2D eigenvalue weighted by molar-refractivity contribution is 0.108. The number of nitrogens with two attached hydrogens (primary N) is 1. The highest BCUT2D eigenvalue weighted by Crippen LogP contribution is 2.31. The highest BCUT2D eigenvalue weighted by Gasteiger charge is 2.23. The average molecular weight is 312 g/mol. The number of carboxylic acid groups (broad SMARTS) is 1. The van der Waals surface area contributed by atoms with Gasteiger partial charge in [-0.2, -0.15) is 0 Å². The smallest absolute Gasteiger partial charge is 0.409 e. The first-order valence-electron chi connectivity index (χ1n) is 7.65. The van der Waals surface area contributed by atoms with Gasteiger partial charge in [0.15, 0.2) is 0 Å². The summed E-state index contributed by atoms with van der Waals surface area (Å²) >= 11 is 0. The van der Waals surface area contributed by atoms with E-state index in [2.05, 4.69) is 10.4 Å². The van der Waals surface area contributed by atoms with Gasteiger partial charge in [-0.15, -0.1) is 5.10 Å². The molecular formula is C14H24N4O4. The van der Waals surface area contributed by atoms with Gasteiger partial charge in [0.05, 0.1) is 18.8 Å². The summed E-state index contributed by atoms with van der Waals surface area (Å²) in [4.78, 5) is 10.9. The first-order chi connectivity index (χ1) is 10.6. The molecule has 1 saturated carbocycles. The third-order valence-corrected chi connectivity index (χ3v) is 3.73. The van der Waals surface area contributed by atoms with Crippen molar-refractivity contribution < 1.29 is 19.4 Å². The van der Waals surface area contributed by atoms with Gasteiger partial charge in [-0.05, 0) is 32.6 Å². The van der Waals surface area contributed by atoms with Crippen LogP contribution in [0.5, 0.6) is 5.88 Å². The molecular weight excluding hydrogens is 288 g/mol. The second kappa shape index (κ2) is 8.00. The minimum absolute atomic E-state index is 0.235. The van der Waals surface area contributed by atoms with E-state index in [9.17, 15) is 4.79 Å². The van der Waals surface area contributed by atoms with Crippen molar-refractivity contribution in [2.45, 2.75) is 44.7 Å². The molecule has 0 aliphatic heterocycles. The van der Waals surface area contributed by atoms with Crippen molar-refractivity contribution in [2.24, 2.45) is 5.73 Å². The Balaban J connectivity index is 2.04. The Morgan fingerprint density at radius 2 is 2.18 bits per heavy atom. The summed E-state index contributed by atoms with van der Waals surface area (Å²) in [5, 5.41) is 15.6. The van der Waals surface area contributed by atoms with Crippen LogP contribution in [0.25, 0.3) is 0 Å². The molecule has 4 N–H and O–H groups in total. The van der Waals surface area contributed by atoms with Crippen LogP contribution in [0.1, 0.15) is 38.6 Å². The van der Waals surface area contributed by atoms with Crippen molar-refractivity contribution in [1.29, 1.82) is 0 Å². The first kappa shape index (κ1) is 16.6. The Hall–Kier alpha value is -1.80. The number of anilines is 1. The van der Waals surface area contributed by atoms with Crippen LogP contribution in [-0.4, -0.2) is 46.8 Å². The molecule has 1 aromatic heterocycles. The molecule has 1 amide bonds. The van der Waals surface area contributed by atoms with Gasteiger partial charge in [0.2, 0.25) is 0 Å². The van der Waals surface area contributed by atoms with Gasteiger partial charge in [-0.1, -0.05) is 0 Å². The van der Waals surface area contributed by atoms with Crippen molar-refractivity contribution in [1.82, 2.24) is 9.78 Å². The normalized spacial score (nSPS) is 21.5. The standard InChI is InChI=1S/C14H24N4O4/c1-2-21-7-8-22-13-12(16-14(19)20)9-18(17-13)11-5-3-10(15)4-6-11/h9-11,16H,2-8,15H2,1H3,(H,19,20). The van der Waals surface area contributed by atoms with Crippen molar-refractivity contribution in [3.05, 3.63) is 6.20 Å². The highest BCUT2D eigenvalue weighted by molar-refractivity contribution is 5.84. The Bertz CT molecular complexity index is 483. The zero-order valence-electron chi connectivity index (χ0n) is 12.8. The van der Waals surface area contributed by atoms with Gasteiger partial charge in [-0.25, -0.2) is 4.79 Å². The third kappa shape index (κ3) is 4.60. The molecule has 22 heavy (non-hydrogen) atoms. The number of ether oxygens (including phenoxy) is 2. The second-order valence-corrected chi connectivity index (χ2v) is 5.37. The highest BCUT2D eigenvalue weighted by atomic mass is 16.5. The molecule has 0 unspecified atom stereocenters. The summed E-state index contributed by atoms with van der Waals surface area (Å²) < 4.78 is 12.5.